The van der Waals surface area contributed by atoms with Crippen molar-refractivity contribution in [3.8, 4) is 5.75 Å². The Morgan fingerprint density at radius 2 is 1.70 bits per heavy atom. The van der Waals surface area contributed by atoms with Gasteiger partial charge < -0.3 is 14.2 Å². The lowest BCUT2D eigenvalue weighted by molar-refractivity contribution is -0.244. The van der Waals surface area contributed by atoms with Crippen LogP contribution in [0.1, 0.15) is 44.6 Å². The first-order valence-corrected chi connectivity index (χ1v) is 9.45. The molecule has 0 aromatic heterocycles. The van der Waals surface area contributed by atoms with Crippen molar-refractivity contribution in [3.63, 3.8) is 0 Å². The Balaban J connectivity index is 1.76. The average Bonchev–Trinajstić information content (AvgIpc) is 2.66. The zero-order valence-corrected chi connectivity index (χ0v) is 15.3. The van der Waals surface area contributed by atoms with Crippen molar-refractivity contribution >= 4 is 28.8 Å². The highest BCUT2D eigenvalue weighted by Crippen LogP contribution is 2.38. The number of hydrogen-bond acceptors (Lipinski definition) is 5. The molecule has 1 heterocycles. The van der Waals surface area contributed by atoms with Gasteiger partial charge in [-0.3, -0.25) is 0 Å². The van der Waals surface area contributed by atoms with Gasteiger partial charge in [-0.05, 0) is 42.7 Å². The Morgan fingerprint density at radius 1 is 1.00 bits per heavy atom. The Kier molecular flexibility index (Phi) is 4.60. The highest BCUT2D eigenvalue weighted by atomic mass is 16.7. The van der Waals surface area contributed by atoms with E-state index in [9.17, 15) is 9.59 Å². The van der Waals surface area contributed by atoms with Crippen LogP contribution in [-0.4, -0.2) is 24.3 Å². The minimum atomic E-state index is -1.08. The number of esters is 2. The van der Waals surface area contributed by atoms with E-state index in [-0.39, 0.29) is 5.57 Å². The van der Waals surface area contributed by atoms with Crippen LogP contribution in [0.3, 0.4) is 0 Å². The number of fused-ring (bicyclic) bond motifs is 1. The van der Waals surface area contributed by atoms with Crippen molar-refractivity contribution in [2.75, 3.05) is 6.61 Å². The summed E-state index contributed by atoms with van der Waals surface area (Å²) in [6, 6.07) is 11.6. The molecule has 1 saturated heterocycles. The summed E-state index contributed by atoms with van der Waals surface area (Å²) in [7, 11) is 0. The van der Waals surface area contributed by atoms with Crippen molar-refractivity contribution < 1.29 is 23.8 Å². The van der Waals surface area contributed by atoms with Crippen molar-refractivity contribution in [2.24, 2.45) is 0 Å². The highest BCUT2D eigenvalue weighted by molar-refractivity contribution is 6.20. The van der Waals surface area contributed by atoms with Crippen LogP contribution in [0.4, 0.5) is 0 Å². The van der Waals surface area contributed by atoms with E-state index >= 15 is 0 Å². The summed E-state index contributed by atoms with van der Waals surface area (Å²) in [5.74, 6) is -1.71. The quantitative estimate of drug-likeness (QED) is 0.458. The molecule has 1 aliphatic carbocycles. The lowest BCUT2D eigenvalue weighted by Gasteiger charge is -2.38. The van der Waals surface area contributed by atoms with Crippen molar-refractivity contribution in [1.82, 2.24) is 0 Å². The maximum absolute atomic E-state index is 12.7. The summed E-state index contributed by atoms with van der Waals surface area (Å²) in [5, 5.41) is 1.89. The SMILES string of the molecule is CCOc1ccc2ccccc2c1C=C1C(=O)OC2(CCCCC2)OC1=O. The van der Waals surface area contributed by atoms with Crippen molar-refractivity contribution in [1.29, 1.82) is 0 Å². The average molecular weight is 366 g/mol. The molecule has 2 aromatic carbocycles. The molecule has 0 amide bonds. The molecule has 4 rings (SSSR count). The lowest BCUT2D eigenvalue weighted by atomic mass is 9.93. The molecule has 0 N–H and O–H groups in total. The second-order valence-electron chi connectivity index (χ2n) is 6.94. The van der Waals surface area contributed by atoms with Gasteiger partial charge in [-0.25, -0.2) is 9.59 Å². The van der Waals surface area contributed by atoms with E-state index in [4.69, 9.17) is 14.2 Å². The second kappa shape index (κ2) is 7.06. The van der Waals surface area contributed by atoms with Gasteiger partial charge in [0.15, 0.2) is 0 Å². The summed E-state index contributed by atoms with van der Waals surface area (Å²) in [5.41, 5.74) is 0.585. The molecule has 27 heavy (non-hydrogen) atoms. The second-order valence-corrected chi connectivity index (χ2v) is 6.94. The zero-order chi connectivity index (χ0) is 18.9. The molecule has 1 spiro atoms. The van der Waals surface area contributed by atoms with Crippen LogP contribution in [0.15, 0.2) is 42.0 Å². The van der Waals surface area contributed by atoms with E-state index in [0.717, 1.165) is 30.0 Å². The van der Waals surface area contributed by atoms with E-state index in [2.05, 4.69) is 0 Å². The summed E-state index contributed by atoms with van der Waals surface area (Å²) in [6.45, 7) is 2.37. The smallest absolute Gasteiger partial charge is 0.348 e. The zero-order valence-electron chi connectivity index (χ0n) is 15.3. The largest absolute Gasteiger partial charge is 0.493 e. The van der Waals surface area contributed by atoms with Gasteiger partial charge in [-0.1, -0.05) is 36.8 Å². The fourth-order valence-electron chi connectivity index (χ4n) is 3.81. The van der Waals surface area contributed by atoms with Gasteiger partial charge in [0.2, 0.25) is 0 Å². The molecular weight excluding hydrogens is 344 g/mol. The molecule has 0 unspecified atom stereocenters. The number of carbonyl (C=O) groups excluding carboxylic acids is 2. The fraction of sp³-hybridized carbons (Fsp3) is 0.364. The monoisotopic (exact) mass is 366 g/mol. The summed E-state index contributed by atoms with van der Waals surface area (Å²) in [4.78, 5) is 25.3. The standard InChI is InChI=1S/C22H22O5/c1-2-25-19-11-10-15-8-4-5-9-16(15)17(19)14-18-20(23)26-22(27-21(18)24)12-6-3-7-13-22/h4-5,8-11,14H,2-3,6-7,12-13H2,1H3. The van der Waals surface area contributed by atoms with Gasteiger partial charge in [0.25, 0.3) is 5.79 Å². The fourth-order valence-corrected chi connectivity index (χ4v) is 3.81. The minimum absolute atomic E-state index is 0.0940. The van der Waals surface area contributed by atoms with Gasteiger partial charge in [-0.2, -0.15) is 0 Å². The van der Waals surface area contributed by atoms with E-state index in [0.29, 0.717) is 30.8 Å². The van der Waals surface area contributed by atoms with Gasteiger partial charge >= 0.3 is 11.9 Å². The van der Waals surface area contributed by atoms with E-state index < -0.39 is 17.7 Å². The number of ether oxygens (including phenoxy) is 3. The summed E-state index contributed by atoms with van der Waals surface area (Å²) >= 11 is 0. The van der Waals surface area contributed by atoms with E-state index in [1.807, 2.05) is 43.3 Å². The molecule has 2 aromatic rings. The predicted molar refractivity (Wildman–Crippen MR) is 101 cm³/mol. The van der Waals surface area contributed by atoms with Crippen LogP contribution in [0, 0.1) is 0 Å². The third-order valence-corrected chi connectivity index (χ3v) is 5.13. The first kappa shape index (κ1) is 17.6. The van der Waals surface area contributed by atoms with E-state index in [1.54, 1.807) is 0 Å². The van der Waals surface area contributed by atoms with Gasteiger partial charge in [-0.15, -0.1) is 0 Å². The number of rotatable bonds is 3. The van der Waals surface area contributed by atoms with Crippen molar-refractivity contribution in [3.05, 3.63) is 47.5 Å². The van der Waals surface area contributed by atoms with Crippen LogP contribution in [0.25, 0.3) is 16.8 Å². The molecule has 2 fully saturated rings. The molecule has 1 aliphatic heterocycles. The number of benzene rings is 2. The van der Waals surface area contributed by atoms with Crippen LogP contribution < -0.4 is 4.74 Å². The van der Waals surface area contributed by atoms with Crippen LogP contribution in [-0.2, 0) is 19.1 Å². The molecule has 0 atom stereocenters. The third-order valence-electron chi connectivity index (χ3n) is 5.13. The maximum Gasteiger partial charge on any atom is 0.348 e. The molecule has 1 saturated carbocycles. The maximum atomic E-state index is 12.7. The molecule has 0 radical (unpaired) electrons. The van der Waals surface area contributed by atoms with Gasteiger partial charge in [0, 0.05) is 18.4 Å². The molecule has 5 nitrogen and oxygen atoms in total. The van der Waals surface area contributed by atoms with Gasteiger partial charge in [0.1, 0.15) is 11.3 Å². The predicted octanol–water partition coefficient (Wildman–Crippen LogP) is 4.38. The number of carbonyl (C=O) groups is 2. The Labute approximate surface area is 157 Å². The van der Waals surface area contributed by atoms with Crippen LogP contribution >= 0.6 is 0 Å². The molecule has 0 bridgehead atoms. The topological polar surface area (TPSA) is 61.8 Å². The van der Waals surface area contributed by atoms with E-state index in [1.165, 1.54) is 6.08 Å². The minimum Gasteiger partial charge on any atom is -0.493 e. The molecule has 140 valence electrons. The van der Waals surface area contributed by atoms with Crippen LogP contribution in [0.2, 0.25) is 0 Å². The Hall–Kier alpha value is -2.82. The first-order chi connectivity index (χ1) is 13.1. The Morgan fingerprint density at radius 3 is 2.41 bits per heavy atom. The molecule has 2 aliphatic rings. The summed E-state index contributed by atoms with van der Waals surface area (Å²) in [6.07, 6.45) is 5.50. The highest BCUT2D eigenvalue weighted by Gasteiger charge is 2.46. The Bertz CT molecular complexity index is 899. The third kappa shape index (κ3) is 3.29. The normalized spacial score (nSPS) is 18.9. The molecule has 5 heteroatoms. The molecular formula is C22H22O5. The van der Waals surface area contributed by atoms with Crippen molar-refractivity contribution in [2.45, 2.75) is 44.8 Å². The lowest BCUT2D eigenvalue weighted by Crippen LogP contribution is -2.47. The first-order valence-electron chi connectivity index (χ1n) is 9.45. The summed E-state index contributed by atoms with van der Waals surface area (Å²) < 4.78 is 16.9. The van der Waals surface area contributed by atoms with Gasteiger partial charge in [0.05, 0.1) is 6.61 Å². The number of hydrogen-bond donors (Lipinski definition) is 0. The van der Waals surface area contributed by atoms with Crippen LogP contribution in [0.5, 0.6) is 5.75 Å².